The summed E-state index contributed by atoms with van der Waals surface area (Å²) < 4.78 is 0. The summed E-state index contributed by atoms with van der Waals surface area (Å²) in [7, 11) is 0. The molecule has 3 rings (SSSR count). The second-order valence-electron chi connectivity index (χ2n) is 7.90. The average Bonchev–Trinajstić information content (AvgIpc) is 2.63. The molecule has 0 aromatic heterocycles. The van der Waals surface area contributed by atoms with E-state index in [4.69, 9.17) is 10.8 Å². The molecule has 0 radical (unpaired) electrons. The normalized spacial score (nSPS) is 20.4. The Morgan fingerprint density at radius 3 is 1.96 bits per heavy atom. The molecule has 0 heterocycles. The molecular formula is C22H35NO2. The maximum absolute atomic E-state index is 10.7. The molecule has 0 saturated heterocycles. The molecule has 1 atom stereocenters. The summed E-state index contributed by atoms with van der Waals surface area (Å²) in [4.78, 5) is 10.7. The molecule has 2 fully saturated rings. The number of hydrogen-bond donors (Lipinski definition) is 2. The molecule has 1 aromatic rings. The third-order valence-electron chi connectivity index (χ3n) is 5.71. The Morgan fingerprint density at radius 2 is 1.52 bits per heavy atom. The van der Waals surface area contributed by atoms with Crippen LogP contribution < -0.4 is 5.73 Å². The van der Waals surface area contributed by atoms with E-state index in [-0.39, 0.29) is 12.3 Å². The zero-order chi connectivity index (χ0) is 18.1. The Balaban J connectivity index is 0.000000269. The van der Waals surface area contributed by atoms with Gasteiger partial charge < -0.3 is 10.8 Å². The molecule has 25 heavy (non-hydrogen) atoms. The zero-order valence-corrected chi connectivity index (χ0v) is 15.8. The first-order valence-electron chi connectivity index (χ1n) is 10.1. The van der Waals surface area contributed by atoms with Gasteiger partial charge in [-0.2, -0.15) is 0 Å². The van der Waals surface area contributed by atoms with Crippen LogP contribution in [0.1, 0.15) is 101 Å². The van der Waals surface area contributed by atoms with E-state index < -0.39 is 5.97 Å². The van der Waals surface area contributed by atoms with E-state index in [1.807, 2.05) is 6.92 Å². The molecule has 3 nitrogen and oxygen atoms in total. The Morgan fingerprint density at radius 1 is 1.00 bits per heavy atom. The third kappa shape index (κ3) is 7.19. The van der Waals surface area contributed by atoms with E-state index in [1.54, 1.807) is 0 Å². The third-order valence-corrected chi connectivity index (χ3v) is 5.71. The fraction of sp³-hybridized carbons (Fsp3) is 0.682. The van der Waals surface area contributed by atoms with Crippen LogP contribution in [0.15, 0.2) is 24.3 Å². The minimum absolute atomic E-state index is 0.0999. The van der Waals surface area contributed by atoms with Crippen molar-refractivity contribution >= 4 is 5.97 Å². The van der Waals surface area contributed by atoms with E-state index in [0.717, 1.165) is 11.5 Å². The van der Waals surface area contributed by atoms with Gasteiger partial charge in [-0.05, 0) is 48.6 Å². The molecule has 3 N–H and O–H groups in total. The van der Waals surface area contributed by atoms with E-state index >= 15 is 0 Å². The van der Waals surface area contributed by atoms with Crippen LogP contribution in [-0.4, -0.2) is 17.1 Å². The van der Waals surface area contributed by atoms with Crippen molar-refractivity contribution in [3.8, 4) is 0 Å². The van der Waals surface area contributed by atoms with Crippen molar-refractivity contribution in [2.24, 2.45) is 5.73 Å². The van der Waals surface area contributed by atoms with Crippen LogP contribution in [-0.2, 0) is 4.79 Å². The smallest absolute Gasteiger partial charge is 0.303 e. The van der Waals surface area contributed by atoms with Gasteiger partial charge in [0, 0.05) is 6.04 Å². The highest BCUT2D eigenvalue weighted by Gasteiger charge is 2.16. The van der Waals surface area contributed by atoms with Gasteiger partial charge in [-0.3, -0.25) is 4.79 Å². The van der Waals surface area contributed by atoms with Crippen molar-refractivity contribution in [1.82, 2.24) is 0 Å². The quantitative estimate of drug-likeness (QED) is 0.747. The molecule has 0 spiro atoms. The van der Waals surface area contributed by atoms with Gasteiger partial charge in [0.2, 0.25) is 0 Å². The Bertz CT molecular complexity index is 499. The van der Waals surface area contributed by atoms with Crippen molar-refractivity contribution in [3.05, 3.63) is 35.4 Å². The highest BCUT2D eigenvalue weighted by molar-refractivity contribution is 5.67. The highest BCUT2D eigenvalue weighted by atomic mass is 16.4. The number of carboxylic acids is 1. The fourth-order valence-electron chi connectivity index (χ4n) is 4.05. The molecule has 3 heteroatoms. The molecule has 2 aliphatic carbocycles. The first-order chi connectivity index (χ1) is 12.1. The van der Waals surface area contributed by atoms with E-state index in [1.165, 1.54) is 69.8 Å². The Labute approximate surface area is 153 Å². The fourth-order valence-corrected chi connectivity index (χ4v) is 4.05. The standard InChI is InChI=1S/C16H22O2.C6H13N/c1-12(11-16(17)18)13-7-9-15(10-8-13)14-5-3-2-4-6-14;7-6-4-2-1-3-5-6/h7-10,12,14H,2-6,11H2,1H3,(H,17,18);6H,1-5,7H2. The first kappa shape index (κ1) is 20.0. The lowest BCUT2D eigenvalue weighted by Gasteiger charge is -2.22. The summed E-state index contributed by atoms with van der Waals surface area (Å²) >= 11 is 0. The molecule has 0 aliphatic heterocycles. The van der Waals surface area contributed by atoms with Gasteiger partial charge in [0.1, 0.15) is 0 Å². The van der Waals surface area contributed by atoms with Crippen LogP contribution >= 0.6 is 0 Å². The summed E-state index contributed by atoms with van der Waals surface area (Å²) in [6, 6.07) is 9.15. The van der Waals surface area contributed by atoms with Crippen LogP contribution in [0, 0.1) is 0 Å². The number of rotatable bonds is 4. The van der Waals surface area contributed by atoms with Crippen LogP contribution in [0.2, 0.25) is 0 Å². The highest BCUT2D eigenvalue weighted by Crippen LogP contribution is 2.33. The first-order valence-corrected chi connectivity index (χ1v) is 10.1. The van der Waals surface area contributed by atoms with Gasteiger partial charge in [0.05, 0.1) is 6.42 Å². The van der Waals surface area contributed by atoms with Gasteiger partial charge >= 0.3 is 5.97 Å². The summed E-state index contributed by atoms with van der Waals surface area (Å²) in [6.45, 7) is 1.98. The minimum Gasteiger partial charge on any atom is -0.481 e. The van der Waals surface area contributed by atoms with Gasteiger partial charge in [-0.25, -0.2) is 0 Å². The molecule has 1 aromatic carbocycles. The van der Waals surface area contributed by atoms with Gasteiger partial charge in [0.25, 0.3) is 0 Å². The van der Waals surface area contributed by atoms with E-state index in [9.17, 15) is 4.79 Å². The SMILES string of the molecule is CC(CC(=O)O)c1ccc(C2CCCCC2)cc1.NC1CCCCC1. The average molecular weight is 346 g/mol. The maximum Gasteiger partial charge on any atom is 0.303 e. The molecule has 140 valence electrons. The molecule has 2 saturated carbocycles. The lowest BCUT2D eigenvalue weighted by atomic mass is 9.83. The Kier molecular flexibility index (Phi) is 8.47. The molecule has 0 amide bonds. The van der Waals surface area contributed by atoms with Gasteiger partial charge in [-0.1, -0.05) is 69.7 Å². The lowest BCUT2D eigenvalue weighted by molar-refractivity contribution is -0.137. The predicted molar refractivity (Wildman–Crippen MR) is 104 cm³/mol. The van der Waals surface area contributed by atoms with E-state index in [2.05, 4.69) is 24.3 Å². The number of benzene rings is 1. The van der Waals surface area contributed by atoms with E-state index in [0.29, 0.717) is 6.04 Å². The van der Waals surface area contributed by atoms with Crippen molar-refractivity contribution in [3.63, 3.8) is 0 Å². The molecule has 0 bridgehead atoms. The minimum atomic E-state index is -0.723. The van der Waals surface area contributed by atoms with Crippen molar-refractivity contribution < 1.29 is 9.90 Å². The maximum atomic E-state index is 10.7. The summed E-state index contributed by atoms with van der Waals surface area (Å²) in [5.41, 5.74) is 8.20. The summed E-state index contributed by atoms with van der Waals surface area (Å²) in [5.74, 6) is 0.101. The number of nitrogens with two attached hydrogens (primary N) is 1. The largest absolute Gasteiger partial charge is 0.481 e. The van der Waals surface area contributed by atoms with Crippen molar-refractivity contribution in [2.45, 2.75) is 95.4 Å². The Hall–Kier alpha value is -1.35. The number of carboxylic acid groups (broad SMARTS) is 1. The lowest BCUT2D eigenvalue weighted by Crippen LogP contribution is -2.22. The number of hydrogen-bond acceptors (Lipinski definition) is 2. The number of aliphatic carboxylic acids is 1. The van der Waals surface area contributed by atoms with Crippen molar-refractivity contribution in [2.75, 3.05) is 0 Å². The van der Waals surface area contributed by atoms with Gasteiger partial charge in [-0.15, -0.1) is 0 Å². The van der Waals surface area contributed by atoms with Crippen LogP contribution in [0.5, 0.6) is 0 Å². The van der Waals surface area contributed by atoms with Crippen LogP contribution in [0.25, 0.3) is 0 Å². The number of carbonyl (C=O) groups is 1. The monoisotopic (exact) mass is 345 g/mol. The molecule has 1 unspecified atom stereocenters. The second-order valence-corrected chi connectivity index (χ2v) is 7.90. The zero-order valence-electron chi connectivity index (χ0n) is 15.8. The summed E-state index contributed by atoms with van der Waals surface area (Å²) in [6.07, 6.45) is 13.6. The van der Waals surface area contributed by atoms with Gasteiger partial charge in [0.15, 0.2) is 0 Å². The predicted octanol–water partition coefficient (Wildman–Crippen LogP) is 5.59. The topological polar surface area (TPSA) is 63.3 Å². The van der Waals surface area contributed by atoms with Crippen molar-refractivity contribution in [1.29, 1.82) is 0 Å². The second kappa shape index (κ2) is 10.6. The van der Waals surface area contributed by atoms with Crippen LogP contribution in [0.3, 0.4) is 0 Å². The molecular weight excluding hydrogens is 310 g/mol. The molecule has 2 aliphatic rings. The summed E-state index contributed by atoms with van der Waals surface area (Å²) in [5, 5.41) is 8.80. The van der Waals surface area contributed by atoms with Crippen LogP contribution in [0.4, 0.5) is 0 Å².